The molecule has 5 atom stereocenters. The lowest BCUT2D eigenvalue weighted by molar-refractivity contribution is -0.143. The molecule has 0 aliphatic carbocycles. The van der Waals surface area contributed by atoms with Crippen LogP contribution in [0.1, 0.15) is 47.0 Å². The second-order valence-corrected chi connectivity index (χ2v) is 8.21. The van der Waals surface area contributed by atoms with E-state index >= 15 is 0 Å². The molecule has 0 spiro atoms. The van der Waals surface area contributed by atoms with Gasteiger partial charge in [-0.25, -0.2) is 4.79 Å². The second kappa shape index (κ2) is 13.9. The Morgan fingerprint density at radius 3 is 1.77 bits per heavy atom. The van der Waals surface area contributed by atoms with E-state index in [4.69, 9.17) is 15.9 Å². The Bertz CT molecular complexity index is 659. The first-order chi connectivity index (χ1) is 14.3. The maximum Gasteiger partial charge on any atom is 0.327 e. The zero-order valence-corrected chi connectivity index (χ0v) is 19.1. The highest BCUT2D eigenvalue weighted by molar-refractivity contribution is 7.80. The number of carboxylic acid groups (broad SMARTS) is 2. The largest absolute Gasteiger partial charge is 0.481 e. The number of aliphatic carboxylic acids is 2. The predicted octanol–water partition coefficient (Wildman–Crippen LogP) is -0.651. The molecule has 0 heterocycles. The molecule has 0 aromatic heterocycles. The Balaban J connectivity index is 5.48. The fourth-order valence-electron chi connectivity index (χ4n) is 2.60. The van der Waals surface area contributed by atoms with Crippen molar-refractivity contribution < 1.29 is 34.2 Å². The van der Waals surface area contributed by atoms with Gasteiger partial charge in [-0.1, -0.05) is 34.1 Å². The Morgan fingerprint density at radius 1 is 0.871 bits per heavy atom. The molecule has 11 nitrogen and oxygen atoms in total. The van der Waals surface area contributed by atoms with Crippen molar-refractivity contribution in [3.05, 3.63) is 0 Å². The molecule has 0 saturated carbocycles. The van der Waals surface area contributed by atoms with Crippen LogP contribution in [0.5, 0.6) is 0 Å². The molecule has 178 valence electrons. The fraction of sp³-hybridized carbons (Fsp3) is 0.737. The fourth-order valence-corrected chi connectivity index (χ4v) is 2.84. The van der Waals surface area contributed by atoms with Crippen molar-refractivity contribution in [2.24, 2.45) is 17.6 Å². The van der Waals surface area contributed by atoms with E-state index < -0.39 is 60.2 Å². The summed E-state index contributed by atoms with van der Waals surface area (Å²) in [5.41, 5.74) is 5.92. The summed E-state index contributed by atoms with van der Waals surface area (Å²) < 4.78 is 0. The summed E-state index contributed by atoms with van der Waals surface area (Å²) in [6.07, 6.45) is 0.109. The van der Waals surface area contributed by atoms with E-state index in [0.29, 0.717) is 6.42 Å². The number of amides is 3. The molecule has 5 unspecified atom stereocenters. The monoisotopic (exact) mass is 462 g/mol. The average Bonchev–Trinajstić information content (AvgIpc) is 2.68. The molecule has 0 rings (SSSR count). The van der Waals surface area contributed by atoms with Gasteiger partial charge in [0, 0.05) is 5.75 Å². The number of thiol groups is 1. The molecule has 0 saturated heterocycles. The van der Waals surface area contributed by atoms with Gasteiger partial charge in [-0.15, -0.1) is 0 Å². The summed E-state index contributed by atoms with van der Waals surface area (Å²) in [5.74, 6) is -5.37. The number of carbonyl (C=O) groups excluding carboxylic acids is 3. The maximum atomic E-state index is 12.8. The molecule has 12 heteroatoms. The van der Waals surface area contributed by atoms with Crippen molar-refractivity contribution in [1.29, 1.82) is 0 Å². The van der Waals surface area contributed by atoms with Crippen molar-refractivity contribution in [1.82, 2.24) is 16.0 Å². The van der Waals surface area contributed by atoms with Gasteiger partial charge in [0.25, 0.3) is 0 Å². The second-order valence-electron chi connectivity index (χ2n) is 7.84. The minimum Gasteiger partial charge on any atom is -0.481 e. The van der Waals surface area contributed by atoms with Crippen molar-refractivity contribution in [2.45, 2.75) is 71.1 Å². The number of hydrogen-bond acceptors (Lipinski definition) is 7. The first kappa shape index (κ1) is 28.7. The number of rotatable bonds is 14. The van der Waals surface area contributed by atoms with Crippen molar-refractivity contribution in [3.63, 3.8) is 0 Å². The third kappa shape index (κ3) is 10.5. The highest BCUT2D eigenvalue weighted by Gasteiger charge is 2.32. The quantitative estimate of drug-likeness (QED) is 0.166. The lowest BCUT2D eigenvalue weighted by atomic mass is 9.97. The molecule has 31 heavy (non-hydrogen) atoms. The van der Waals surface area contributed by atoms with Crippen LogP contribution in [0.25, 0.3) is 0 Å². The van der Waals surface area contributed by atoms with Gasteiger partial charge in [-0.3, -0.25) is 19.2 Å². The highest BCUT2D eigenvalue weighted by atomic mass is 32.1. The van der Waals surface area contributed by atoms with Crippen LogP contribution in [-0.2, 0) is 24.0 Å². The van der Waals surface area contributed by atoms with Crippen LogP contribution in [0.3, 0.4) is 0 Å². The van der Waals surface area contributed by atoms with E-state index in [1.807, 2.05) is 20.8 Å². The van der Waals surface area contributed by atoms with Crippen LogP contribution < -0.4 is 21.7 Å². The topological polar surface area (TPSA) is 188 Å². The van der Waals surface area contributed by atoms with Crippen LogP contribution in [0, 0.1) is 11.8 Å². The Labute approximate surface area is 187 Å². The molecule has 0 aliphatic heterocycles. The summed E-state index contributed by atoms with van der Waals surface area (Å²) in [6, 6.07) is -4.78. The van der Waals surface area contributed by atoms with Gasteiger partial charge < -0.3 is 31.9 Å². The summed E-state index contributed by atoms with van der Waals surface area (Å²) in [4.78, 5) is 59.9. The van der Waals surface area contributed by atoms with Crippen LogP contribution >= 0.6 is 12.6 Å². The first-order valence-corrected chi connectivity index (χ1v) is 10.7. The number of hydrogen-bond donors (Lipinski definition) is 7. The smallest absolute Gasteiger partial charge is 0.327 e. The summed E-state index contributed by atoms with van der Waals surface area (Å²) in [7, 11) is 0. The zero-order valence-electron chi connectivity index (χ0n) is 18.3. The van der Waals surface area contributed by atoms with Gasteiger partial charge in [0.2, 0.25) is 17.7 Å². The van der Waals surface area contributed by atoms with Crippen molar-refractivity contribution in [2.75, 3.05) is 5.75 Å². The Kier molecular flexibility index (Phi) is 12.8. The molecule has 0 aromatic rings. The highest BCUT2D eigenvalue weighted by Crippen LogP contribution is 2.09. The average molecular weight is 463 g/mol. The number of carboxylic acids is 2. The lowest BCUT2D eigenvalue weighted by Gasteiger charge is -2.26. The molecule has 0 bridgehead atoms. The van der Waals surface area contributed by atoms with Gasteiger partial charge in [0.05, 0.1) is 12.5 Å². The molecular formula is C19H34N4O7S. The number of nitrogens with one attached hydrogen (secondary N) is 3. The van der Waals surface area contributed by atoms with E-state index in [-0.39, 0.29) is 24.0 Å². The van der Waals surface area contributed by atoms with Crippen LogP contribution in [0.4, 0.5) is 0 Å². The standard InChI is InChI=1S/C19H34N4O7S/c1-5-10(4)15(20)18(28)22-11(6-9(2)3)16(26)21-12(7-14(24)25)17(27)23-13(8-31)19(29)30/h9-13,15,31H,5-8,20H2,1-4H3,(H,21,26)(H,22,28)(H,23,27)(H,24,25)(H,29,30). The van der Waals surface area contributed by atoms with Crippen LogP contribution in [-0.4, -0.2) is 69.8 Å². The van der Waals surface area contributed by atoms with Gasteiger partial charge >= 0.3 is 11.9 Å². The maximum absolute atomic E-state index is 12.8. The molecule has 0 radical (unpaired) electrons. The van der Waals surface area contributed by atoms with Gasteiger partial charge in [-0.2, -0.15) is 12.6 Å². The lowest BCUT2D eigenvalue weighted by Crippen LogP contribution is -2.58. The number of carbonyl (C=O) groups is 5. The van der Waals surface area contributed by atoms with Crippen molar-refractivity contribution >= 4 is 42.3 Å². The van der Waals surface area contributed by atoms with E-state index in [9.17, 15) is 24.0 Å². The molecule has 0 aliphatic rings. The van der Waals surface area contributed by atoms with Crippen molar-refractivity contribution in [3.8, 4) is 0 Å². The zero-order chi connectivity index (χ0) is 24.3. The van der Waals surface area contributed by atoms with Gasteiger partial charge in [0.1, 0.15) is 18.1 Å². The number of nitrogens with two attached hydrogens (primary N) is 1. The third-order valence-electron chi connectivity index (χ3n) is 4.71. The molecule has 0 aromatic carbocycles. The minimum absolute atomic E-state index is 0.0109. The van der Waals surface area contributed by atoms with Crippen LogP contribution in [0.15, 0.2) is 0 Å². The molecule has 0 fully saturated rings. The van der Waals surface area contributed by atoms with Gasteiger partial charge in [0.15, 0.2) is 0 Å². The van der Waals surface area contributed by atoms with E-state index in [0.717, 1.165) is 0 Å². The molecule has 3 amide bonds. The van der Waals surface area contributed by atoms with E-state index in [2.05, 4.69) is 28.6 Å². The molecular weight excluding hydrogens is 428 g/mol. The minimum atomic E-state index is -1.54. The summed E-state index contributed by atoms with van der Waals surface area (Å²) >= 11 is 3.83. The third-order valence-corrected chi connectivity index (χ3v) is 5.07. The van der Waals surface area contributed by atoms with Gasteiger partial charge in [-0.05, 0) is 18.3 Å². The van der Waals surface area contributed by atoms with E-state index in [1.165, 1.54) is 0 Å². The SMILES string of the molecule is CCC(C)C(N)C(=O)NC(CC(C)C)C(=O)NC(CC(=O)O)C(=O)NC(CS)C(=O)O. The first-order valence-electron chi connectivity index (χ1n) is 10.1. The predicted molar refractivity (Wildman–Crippen MR) is 116 cm³/mol. The molecule has 7 N–H and O–H groups in total. The van der Waals surface area contributed by atoms with Crippen LogP contribution in [0.2, 0.25) is 0 Å². The van der Waals surface area contributed by atoms with E-state index in [1.54, 1.807) is 6.92 Å². The Hall–Kier alpha value is -2.34. The Morgan fingerprint density at radius 2 is 1.35 bits per heavy atom. The summed E-state index contributed by atoms with van der Waals surface area (Å²) in [5, 5.41) is 25.1. The summed E-state index contributed by atoms with van der Waals surface area (Å²) in [6.45, 7) is 7.33. The normalized spacial score (nSPS) is 15.8.